The van der Waals surface area contributed by atoms with E-state index in [1.165, 1.54) is 14.8 Å². The van der Waals surface area contributed by atoms with Crippen LogP contribution in [0.15, 0.2) is 35.4 Å². The van der Waals surface area contributed by atoms with Crippen LogP contribution in [0, 0.1) is 0 Å². The first-order chi connectivity index (χ1) is 11.2. The standard InChI is InChI=1S/C16H21BrN4O2/c17-15-14(20-8-6-19(7-9-20)10-11-22)12-18-21(16(15)23)13-4-2-1-3-5-13/h1-5,12,14-15,22H,6-11H2/p+2/t14-,15+/m1/s1. The third kappa shape index (κ3) is 3.63. The van der Waals surface area contributed by atoms with Crippen LogP contribution in [0.2, 0.25) is 0 Å². The fourth-order valence-corrected chi connectivity index (χ4v) is 3.99. The van der Waals surface area contributed by atoms with Crippen molar-refractivity contribution in [1.82, 2.24) is 0 Å². The van der Waals surface area contributed by atoms with Crippen molar-refractivity contribution in [3.8, 4) is 0 Å². The predicted molar refractivity (Wildman–Crippen MR) is 92.3 cm³/mol. The minimum atomic E-state index is -0.255. The molecule has 2 aliphatic rings. The minimum Gasteiger partial charge on any atom is -0.391 e. The summed E-state index contributed by atoms with van der Waals surface area (Å²) >= 11 is 3.59. The van der Waals surface area contributed by atoms with Crippen molar-refractivity contribution in [3.05, 3.63) is 30.3 Å². The third-order valence-electron chi connectivity index (χ3n) is 4.64. The SMILES string of the molecule is O=C1[C@@H](Br)[C@H]([NH+]2CC[NH+](CCO)CC2)C=NN1c1ccccc1. The molecule has 0 aliphatic carbocycles. The zero-order valence-electron chi connectivity index (χ0n) is 13.0. The second-order valence-electron chi connectivity index (χ2n) is 6.06. The maximum atomic E-state index is 12.7. The van der Waals surface area contributed by atoms with E-state index < -0.39 is 0 Å². The first-order valence-electron chi connectivity index (χ1n) is 8.07. The van der Waals surface area contributed by atoms with Gasteiger partial charge in [0.15, 0.2) is 4.83 Å². The van der Waals surface area contributed by atoms with Crippen molar-refractivity contribution in [2.45, 2.75) is 10.9 Å². The number of hydrazone groups is 1. The Morgan fingerprint density at radius 3 is 2.57 bits per heavy atom. The van der Waals surface area contributed by atoms with Crippen LogP contribution in [0.25, 0.3) is 0 Å². The number of rotatable bonds is 4. The topological polar surface area (TPSA) is 61.8 Å². The van der Waals surface area contributed by atoms with E-state index in [2.05, 4.69) is 21.0 Å². The van der Waals surface area contributed by atoms with E-state index in [0.29, 0.717) is 0 Å². The van der Waals surface area contributed by atoms with E-state index in [9.17, 15) is 4.79 Å². The highest BCUT2D eigenvalue weighted by Crippen LogP contribution is 2.20. The number of anilines is 1. The van der Waals surface area contributed by atoms with Gasteiger partial charge in [-0.1, -0.05) is 34.1 Å². The number of quaternary nitrogens is 2. The molecule has 23 heavy (non-hydrogen) atoms. The number of benzene rings is 1. The highest BCUT2D eigenvalue weighted by atomic mass is 79.9. The first kappa shape index (κ1) is 16.6. The summed E-state index contributed by atoms with van der Waals surface area (Å²) < 4.78 is 0. The molecule has 1 saturated heterocycles. The Labute approximate surface area is 144 Å². The Balaban J connectivity index is 1.68. The summed E-state index contributed by atoms with van der Waals surface area (Å²) in [5.41, 5.74) is 0.795. The van der Waals surface area contributed by atoms with E-state index in [-0.39, 0.29) is 23.4 Å². The van der Waals surface area contributed by atoms with E-state index in [1.807, 2.05) is 36.5 Å². The Kier molecular flexibility index (Phi) is 5.42. The lowest BCUT2D eigenvalue weighted by Crippen LogP contribution is -3.30. The number of piperazine rings is 1. The van der Waals surface area contributed by atoms with Gasteiger partial charge in [-0.15, -0.1) is 0 Å². The summed E-state index contributed by atoms with van der Waals surface area (Å²) in [5, 5.41) is 14.9. The summed E-state index contributed by atoms with van der Waals surface area (Å²) in [6.45, 7) is 5.08. The molecular weight excluding hydrogens is 360 g/mol. The van der Waals surface area contributed by atoms with Crippen LogP contribution in [0.5, 0.6) is 0 Å². The number of carbonyl (C=O) groups excluding carboxylic acids is 1. The number of nitrogens with zero attached hydrogens (tertiary/aromatic N) is 2. The highest BCUT2D eigenvalue weighted by molar-refractivity contribution is 9.10. The molecule has 2 atom stereocenters. The Hall–Kier alpha value is -1.28. The van der Waals surface area contributed by atoms with Gasteiger partial charge in [-0.05, 0) is 12.1 Å². The Bertz CT molecular complexity index is 560. The van der Waals surface area contributed by atoms with Crippen molar-refractivity contribution in [2.24, 2.45) is 5.10 Å². The molecule has 7 heteroatoms. The number of carbonyl (C=O) groups is 1. The summed E-state index contributed by atoms with van der Waals surface area (Å²) in [4.78, 5) is 15.2. The summed E-state index contributed by atoms with van der Waals surface area (Å²) in [6, 6.07) is 9.58. The van der Waals surface area contributed by atoms with E-state index >= 15 is 0 Å². The molecule has 0 radical (unpaired) electrons. The molecule has 0 bridgehead atoms. The predicted octanol–water partition coefficient (Wildman–Crippen LogP) is -2.07. The molecule has 0 saturated carbocycles. The maximum absolute atomic E-state index is 12.7. The van der Waals surface area contributed by atoms with E-state index in [0.717, 1.165) is 38.4 Å². The van der Waals surface area contributed by atoms with Gasteiger partial charge in [-0.25, -0.2) is 0 Å². The lowest BCUT2D eigenvalue weighted by atomic mass is 10.1. The lowest BCUT2D eigenvalue weighted by Gasteiger charge is -2.37. The van der Waals surface area contributed by atoms with Gasteiger partial charge in [0.25, 0.3) is 5.91 Å². The van der Waals surface area contributed by atoms with Gasteiger partial charge < -0.3 is 14.9 Å². The van der Waals surface area contributed by atoms with Crippen LogP contribution < -0.4 is 14.8 Å². The van der Waals surface area contributed by atoms with Crippen LogP contribution in [0.1, 0.15) is 0 Å². The maximum Gasteiger partial charge on any atom is 0.267 e. The van der Waals surface area contributed by atoms with Crippen molar-refractivity contribution >= 4 is 33.7 Å². The van der Waals surface area contributed by atoms with Crippen LogP contribution in [-0.2, 0) is 4.79 Å². The second-order valence-corrected chi connectivity index (χ2v) is 7.05. The second kappa shape index (κ2) is 7.53. The molecule has 0 spiro atoms. The monoisotopic (exact) mass is 382 g/mol. The fraction of sp³-hybridized carbons (Fsp3) is 0.500. The van der Waals surface area contributed by atoms with Gasteiger partial charge in [-0.2, -0.15) is 10.1 Å². The first-order valence-corrected chi connectivity index (χ1v) is 8.98. The average Bonchev–Trinajstić information content (AvgIpc) is 2.59. The fourth-order valence-electron chi connectivity index (χ4n) is 3.28. The van der Waals surface area contributed by atoms with Crippen molar-refractivity contribution in [1.29, 1.82) is 0 Å². The van der Waals surface area contributed by atoms with E-state index in [1.54, 1.807) is 0 Å². The molecule has 1 aromatic rings. The number of amides is 1. The number of hydrogen-bond acceptors (Lipinski definition) is 3. The van der Waals surface area contributed by atoms with Gasteiger partial charge in [0.1, 0.15) is 38.8 Å². The summed E-state index contributed by atoms with van der Waals surface area (Å²) in [6.07, 6.45) is 1.90. The third-order valence-corrected chi connectivity index (χ3v) is 5.60. The van der Waals surface area contributed by atoms with Crippen LogP contribution in [0.3, 0.4) is 0 Å². The Morgan fingerprint density at radius 1 is 1.22 bits per heavy atom. The molecule has 6 nitrogen and oxygen atoms in total. The molecule has 1 amide bonds. The number of aliphatic hydroxyl groups is 1. The summed E-state index contributed by atoms with van der Waals surface area (Å²) in [7, 11) is 0. The molecule has 3 rings (SSSR count). The quantitative estimate of drug-likeness (QED) is 0.523. The largest absolute Gasteiger partial charge is 0.391 e. The molecule has 1 fully saturated rings. The van der Waals surface area contributed by atoms with Gasteiger partial charge in [0.05, 0.1) is 18.5 Å². The normalized spacial score (nSPS) is 31.4. The van der Waals surface area contributed by atoms with Gasteiger partial charge in [0.2, 0.25) is 0 Å². The smallest absolute Gasteiger partial charge is 0.267 e. The number of alkyl halides is 1. The number of nitrogens with one attached hydrogen (secondary N) is 2. The molecule has 3 N–H and O–H groups in total. The number of halogens is 1. The lowest BCUT2D eigenvalue weighted by molar-refractivity contribution is -1.02. The summed E-state index contributed by atoms with van der Waals surface area (Å²) in [5.74, 6) is -0.0127. The average molecular weight is 383 g/mol. The van der Waals surface area contributed by atoms with Crippen molar-refractivity contribution < 1.29 is 19.7 Å². The molecule has 0 aromatic heterocycles. The van der Waals surface area contributed by atoms with Gasteiger partial charge in [-0.3, -0.25) is 4.79 Å². The highest BCUT2D eigenvalue weighted by Gasteiger charge is 2.41. The molecule has 2 aliphatic heterocycles. The molecule has 0 unspecified atom stereocenters. The van der Waals surface area contributed by atoms with Crippen molar-refractivity contribution in [3.63, 3.8) is 0 Å². The van der Waals surface area contributed by atoms with Crippen LogP contribution in [0.4, 0.5) is 5.69 Å². The Morgan fingerprint density at radius 2 is 1.91 bits per heavy atom. The van der Waals surface area contributed by atoms with Gasteiger partial charge in [0, 0.05) is 0 Å². The molecule has 1 aromatic carbocycles. The zero-order chi connectivity index (χ0) is 16.2. The molecular formula is C16H23BrN4O2+2. The minimum absolute atomic E-state index is 0.0127. The molecule has 124 valence electrons. The number of hydrogen-bond donors (Lipinski definition) is 3. The van der Waals surface area contributed by atoms with Crippen LogP contribution in [-0.4, -0.2) is 67.4 Å². The molecule has 2 heterocycles. The number of aliphatic hydroxyl groups excluding tert-OH is 1. The zero-order valence-corrected chi connectivity index (χ0v) is 14.6. The van der Waals surface area contributed by atoms with Crippen molar-refractivity contribution in [2.75, 3.05) is 44.3 Å². The van der Waals surface area contributed by atoms with Crippen LogP contribution >= 0.6 is 15.9 Å². The number of para-hydroxylation sites is 1. The van der Waals surface area contributed by atoms with Gasteiger partial charge >= 0.3 is 0 Å². The van der Waals surface area contributed by atoms with E-state index in [4.69, 9.17) is 5.11 Å².